The van der Waals surface area contributed by atoms with E-state index in [0.717, 1.165) is 18.7 Å². The Morgan fingerprint density at radius 2 is 2.33 bits per heavy atom. The highest BCUT2D eigenvalue weighted by atomic mass is 16.2. The molecule has 1 amide bonds. The van der Waals surface area contributed by atoms with E-state index in [9.17, 15) is 4.79 Å². The van der Waals surface area contributed by atoms with Crippen molar-refractivity contribution < 1.29 is 4.79 Å². The van der Waals surface area contributed by atoms with Gasteiger partial charge in [-0.25, -0.2) is 0 Å². The maximum atomic E-state index is 12.5. The first kappa shape index (κ1) is 13.0. The summed E-state index contributed by atoms with van der Waals surface area (Å²) in [6, 6.07) is 3.84. The summed E-state index contributed by atoms with van der Waals surface area (Å²) >= 11 is 0. The number of carbonyl (C=O) groups excluding carboxylic acids is 1. The van der Waals surface area contributed by atoms with Gasteiger partial charge in [-0.15, -0.1) is 0 Å². The molecule has 0 spiro atoms. The van der Waals surface area contributed by atoms with Crippen molar-refractivity contribution in [2.45, 2.75) is 13.0 Å². The minimum absolute atomic E-state index is 0.00310. The van der Waals surface area contributed by atoms with Gasteiger partial charge in [-0.3, -0.25) is 9.78 Å². The van der Waals surface area contributed by atoms with E-state index in [-0.39, 0.29) is 11.9 Å². The molecule has 1 aromatic heterocycles. The average Bonchev–Trinajstić information content (AvgIpc) is 2.38. The Kier molecular flexibility index (Phi) is 3.93. The van der Waals surface area contributed by atoms with Gasteiger partial charge in [0, 0.05) is 32.4 Å². The lowest BCUT2D eigenvalue weighted by Gasteiger charge is -2.39. The van der Waals surface area contributed by atoms with Crippen LogP contribution < -0.4 is 5.73 Å². The molecule has 2 N–H and O–H groups in total. The minimum atomic E-state index is -0.00310. The van der Waals surface area contributed by atoms with Crippen LogP contribution in [0.3, 0.4) is 0 Å². The molecule has 1 aliphatic heterocycles. The van der Waals surface area contributed by atoms with Gasteiger partial charge in [-0.1, -0.05) is 6.07 Å². The fraction of sp³-hybridized carbons (Fsp3) is 0.538. The summed E-state index contributed by atoms with van der Waals surface area (Å²) in [6.45, 7) is 4.82. The second-order valence-corrected chi connectivity index (χ2v) is 4.82. The molecule has 5 heteroatoms. The van der Waals surface area contributed by atoms with Gasteiger partial charge < -0.3 is 15.5 Å². The van der Waals surface area contributed by atoms with Gasteiger partial charge in [0.05, 0.1) is 6.04 Å². The molecule has 5 nitrogen and oxygen atoms in total. The van der Waals surface area contributed by atoms with E-state index in [1.54, 1.807) is 6.20 Å². The van der Waals surface area contributed by atoms with E-state index in [2.05, 4.69) is 16.9 Å². The number of nitrogens with two attached hydrogens (primary N) is 1. The average molecular weight is 248 g/mol. The Labute approximate surface area is 108 Å². The molecule has 1 saturated heterocycles. The van der Waals surface area contributed by atoms with Crippen LogP contribution in [0.2, 0.25) is 0 Å². The van der Waals surface area contributed by atoms with Crippen LogP contribution in [0.25, 0.3) is 0 Å². The lowest BCUT2D eigenvalue weighted by molar-refractivity contribution is 0.0509. The number of aromatic nitrogens is 1. The maximum Gasteiger partial charge on any atom is 0.273 e. The van der Waals surface area contributed by atoms with Crippen molar-refractivity contribution >= 4 is 5.91 Å². The highest BCUT2D eigenvalue weighted by Crippen LogP contribution is 2.13. The molecule has 0 bridgehead atoms. The highest BCUT2D eigenvalue weighted by molar-refractivity contribution is 5.94. The van der Waals surface area contributed by atoms with Crippen molar-refractivity contribution in [2.24, 2.45) is 5.73 Å². The molecule has 18 heavy (non-hydrogen) atoms. The van der Waals surface area contributed by atoms with Crippen LogP contribution in [0.1, 0.15) is 16.1 Å². The smallest absolute Gasteiger partial charge is 0.273 e. The first-order valence-electron chi connectivity index (χ1n) is 6.24. The van der Waals surface area contributed by atoms with Gasteiger partial charge in [0.1, 0.15) is 5.69 Å². The number of carbonyl (C=O) groups is 1. The Hall–Kier alpha value is -1.46. The van der Waals surface area contributed by atoms with Crippen LogP contribution in [0.4, 0.5) is 0 Å². The van der Waals surface area contributed by atoms with E-state index in [1.807, 2.05) is 24.0 Å². The zero-order chi connectivity index (χ0) is 13.1. The molecule has 2 heterocycles. The maximum absolute atomic E-state index is 12.5. The van der Waals surface area contributed by atoms with Gasteiger partial charge in [0.2, 0.25) is 0 Å². The fourth-order valence-corrected chi connectivity index (χ4v) is 2.33. The molecule has 1 unspecified atom stereocenters. The van der Waals surface area contributed by atoms with Crippen LogP contribution in [0.15, 0.2) is 18.3 Å². The molecule has 0 radical (unpaired) electrons. The van der Waals surface area contributed by atoms with E-state index >= 15 is 0 Å². The van der Waals surface area contributed by atoms with Crippen molar-refractivity contribution in [1.29, 1.82) is 0 Å². The van der Waals surface area contributed by atoms with Gasteiger partial charge in [-0.05, 0) is 25.6 Å². The van der Waals surface area contributed by atoms with E-state index < -0.39 is 0 Å². The molecule has 98 valence electrons. The quantitative estimate of drug-likeness (QED) is 0.806. The standard InChI is InChI=1S/C13H20N4O/c1-10-4-3-5-15-12(10)13(18)17-7-6-16(2)9-11(17)8-14/h3-5,11H,6-9,14H2,1-2H3. The van der Waals surface area contributed by atoms with E-state index in [4.69, 9.17) is 5.73 Å². The predicted octanol–water partition coefficient (Wildman–Crippen LogP) is 0.105. The summed E-state index contributed by atoms with van der Waals surface area (Å²) in [5, 5.41) is 0. The van der Waals surface area contributed by atoms with Crippen LogP contribution in [0.5, 0.6) is 0 Å². The Morgan fingerprint density at radius 1 is 1.56 bits per heavy atom. The third kappa shape index (κ3) is 2.52. The molecular formula is C13H20N4O. The lowest BCUT2D eigenvalue weighted by atomic mass is 10.1. The van der Waals surface area contributed by atoms with Crippen LogP contribution in [0, 0.1) is 6.92 Å². The highest BCUT2D eigenvalue weighted by Gasteiger charge is 2.29. The summed E-state index contributed by atoms with van der Waals surface area (Å²) < 4.78 is 0. The number of piperazine rings is 1. The number of amides is 1. The van der Waals surface area contributed by atoms with Crippen LogP contribution in [-0.4, -0.2) is 60.0 Å². The van der Waals surface area contributed by atoms with Crippen LogP contribution in [-0.2, 0) is 0 Å². The molecule has 0 aliphatic carbocycles. The Bertz CT molecular complexity index is 435. The monoisotopic (exact) mass is 248 g/mol. The molecule has 1 fully saturated rings. The number of pyridine rings is 1. The molecule has 1 aromatic rings. The first-order valence-corrected chi connectivity index (χ1v) is 6.24. The number of likely N-dealkylation sites (N-methyl/N-ethyl adjacent to an activating group) is 1. The zero-order valence-corrected chi connectivity index (χ0v) is 11.0. The van der Waals surface area contributed by atoms with Gasteiger partial charge in [0.15, 0.2) is 0 Å². The van der Waals surface area contributed by atoms with E-state index in [0.29, 0.717) is 18.8 Å². The topological polar surface area (TPSA) is 62.5 Å². The summed E-state index contributed by atoms with van der Waals surface area (Å²) in [5.41, 5.74) is 7.23. The fourth-order valence-electron chi connectivity index (χ4n) is 2.33. The number of rotatable bonds is 2. The summed E-state index contributed by atoms with van der Waals surface area (Å²) in [4.78, 5) is 20.7. The number of nitrogens with zero attached hydrogens (tertiary/aromatic N) is 3. The molecular weight excluding hydrogens is 228 g/mol. The molecule has 0 saturated carbocycles. The normalized spacial score (nSPS) is 21.1. The second kappa shape index (κ2) is 5.46. The summed E-state index contributed by atoms with van der Waals surface area (Å²) in [7, 11) is 2.05. The Morgan fingerprint density at radius 3 is 3.00 bits per heavy atom. The van der Waals surface area contributed by atoms with Gasteiger partial charge in [0.25, 0.3) is 5.91 Å². The van der Waals surface area contributed by atoms with Crippen molar-refractivity contribution in [3.63, 3.8) is 0 Å². The third-order valence-electron chi connectivity index (χ3n) is 3.43. The molecule has 1 aliphatic rings. The van der Waals surface area contributed by atoms with Crippen molar-refractivity contribution in [2.75, 3.05) is 33.2 Å². The van der Waals surface area contributed by atoms with Crippen LogP contribution >= 0.6 is 0 Å². The van der Waals surface area contributed by atoms with Crippen molar-refractivity contribution in [3.8, 4) is 0 Å². The third-order valence-corrected chi connectivity index (χ3v) is 3.43. The second-order valence-electron chi connectivity index (χ2n) is 4.82. The molecule has 1 atom stereocenters. The van der Waals surface area contributed by atoms with Crippen molar-refractivity contribution in [1.82, 2.24) is 14.8 Å². The SMILES string of the molecule is Cc1cccnc1C(=O)N1CCN(C)CC1CN. The van der Waals surface area contributed by atoms with Gasteiger partial charge in [-0.2, -0.15) is 0 Å². The summed E-state index contributed by atoms with van der Waals surface area (Å²) in [6.07, 6.45) is 1.66. The molecule has 0 aromatic carbocycles. The number of aryl methyl sites for hydroxylation is 1. The largest absolute Gasteiger partial charge is 0.330 e. The van der Waals surface area contributed by atoms with E-state index in [1.165, 1.54) is 0 Å². The summed E-state index contributed by atoms with van der Waals surface area (Å²) in [5.74, 6) is -0.00310. The lowest BCUT2D eigenvalue weighted by Crippen LogP contribution is -2.57. The van der Waals surface area contributed by atoms with Crippen molar-refractivity contribution in [3.05, 3.63) is 29.6 Å². The number of hydrogen-bond acceptors (Lipinski definition) is 4. The number of hydrogen-bond donors (Lipinski definition) is 1. The first-order chi connectivity index (χ1) is 8.63. The predicted molar refractivity (Wildman–Crippen MR) is 70.3 cm³/mol. The Balaban J connectivity index is 2.20. The minimum Gasteiger partial charge on any atom is -0.330 e. The molecule has 2 rings (SSSR count). The zero-order valence-electron chi connectivity index (χ0n) is 11.0. The van der Waals surface area contributed by atoms with Gasteiger partial charge >= 0.3 is 0 Å².